The highest BCUT2D eigenvalue weighted by atomic mass is 32.1. The summed E-state index contributed by atoms with van der Waals surface area (Å²) in [7, 11) is 3.33. The van der Waals surface area contributed by atoms with Crippen molar-refractivity contribution in [2.75, 3.05) is 25.7 Å². The zero-order chi connectivity index (χ0) is 11.5. The van der Waals surface area contributed by atoms with Crippen molar-refractivity contribution in [1.29, 1.82) is 0 Å². The van der Waals surface area contributed by atoms with Crippen molar-refractivity contribution in [2.24, 2.45) is 0 Å². The van der Waals surface area contributed by atoms with Crippen LogP contribution in [0.15, 0.2) is 18.2 Å². The molecule has 16 heavy (non-hydrogen) atoms. The molecule has 86 valence electrons. The number of nitrogens with zero attached hydrogens (tertiary/aromatic N) is 1. The highest BCUT2D eigenvalue weighted by Gasteiger charge is 2.21. The van der Waals surface area contributed by atoms with Crippen LogP contribution in [0.1, 0.15) is 12.8 Å². The maximum Gasteiger partial charge on any atom is 0.142 e. The lowest BCUT2D eigenvalue weighted by atomic mass is 10.2. The first kappa shape index (κ1) is 11.2. The summed E-state index contributed by atoms with van der Waals surface area (Å²) in [6.45, 7) is 0.961. The molecule has 1 aromatic rings. The summed E-state index contributed by atoms with van der Waals surface area (Å²) in [5.74, 6) is 1.66. The van der Waals surface area contributed by atoms with Crippen molar-refractivity contribution in [3.8, 4) is 11.5 Å². The Morgan fingerprint density at radius 3 is 2.62 bits per heavy atom. The largest absolute Gasteiger partial charge is 0.497 e. The Morgan fingerprint density at radius 1 is 1.25 bits per heavy atom. The van der Waals surface area contributed by atoms with Crippen molar-refractivity contribution in [1.82, 2.24) is 0 Å². The third-order valence-electron chi connectivity index (χ3n) is 2.75. The van der Waals surface area contributed by atoms with E-state index >= 15 is 0 Å². The van der Waals surface area contributed by atoms with Gasteiger partial charge < -0.3 is 14.4 Å². The van der Waals surface area contributed by atoms with Gasteiger partial charge in [0.05, 0.1) is 24.9 Å². The molecule has 1 aliphatic rings. The highest BCUT2D eigenvalue weighted by Crippen LogP contribution is 2.34. The molecule has 0 aromatic heterocycles. The van der Waals surface area contributed by atoms with Gasteiger partial charge in [-0.05, 0) is 25.0 Å². The van der Waals surface area contributed by atoms with Crippen molar-refractivity contribution in [2.45, 2.75) is 12.8 Å². The lowest BCUT2D eigenvalue weighted by molar-refractivity contribution is 0.404. The molecule has 2 rings (SSSR count). The Hall–Kier alpha value is -1.29. The molecule has 0 bridgehead atoms. The normalized spacial score (nSPS) is 15.4. The van der Waals surface area contributed by atoms with Crippen LogP contribution in [0.5, 0.6) is 11.5 Å². The van der Waals surface area contributed by atoms with E-state index in [-0.39, 0.29) is 0 Å². The molecule has 0 unspecified atom stereocenters. The van der Waals surface area contributed by atoms with Crippen LogP contribution in [0.3, 0.4) is 0 Å². The smallest absolute Gasteiger partial charge is 0.142 e. The quantitative estimate of drug-likeness (QED) is 0.753. The van der Waals surface area contributed by atoms with Crippen LogP contribution in [0.4, 0.5) is 5.69 Å². The van der Waals surface area contributed by atoms with Crippen LogP contribution < -0.4 is 14.4 Å². The summed E-state index contributed by atoms with van der Waals surface area (Å²) in [5.41, 5.74) is 1.00. The van der Waals surface area contributed by atoms with Gasteiger partial charge >= 0.3 is 0 Å². The summed E-state index contributed by atoms with van der Waals surface area (Å²) in [6.07, 6.45) is 2.09. The van der Waals surface area contributed by atoms with Crippen molar-refractivity contribution < 1.29 is 9.47 Å². The van der Waals surface area contributed by atoms with Gasteiger partial charge in [-0.15, -0.1) is 0 Å². The first-order valence-electron chi connectivity index (χ1n) is 5.28. The van der Waals surface area contributed by atoms with Gasteiger partial charge in [-0.2, -0.15) is 0 Å². The molecule has 1 heterocycles. The Bertz CT molecular complexity index is 406. The zero-order valence-corrected chi connectivity index (χ0v) is 10.3. The topological polar surface area (TPSA) is 21.7 Å². The van der Waals surface area contributed by atoms with Crippen LogP contribution in [0.2, 0.25) is 0 Å². The summed E-state index contributed by atoms with van der Waals surface area (Å²) >= 11 is 5.34. The molecule has 0 atom stereocenters. The first-order valence-corrected chi connectivity index (χ1v) is 5.69. The molecular formula is C12H15NO2S. The Labute approximate surface area is 101 Å². The van der Waals surface area contributed by atoms with E-state index in [4.69, 9.17) is 21.7 Å². The predicted octanol–water partition coefficient (Wildman–Crippen LogP) is 2.63. The van der Waals surface area contributed by atoms with Gasteiger partial charge in [-0.25, -0.2) is 0 Å². The molecule has 0 N–H and O–H groups in total. The molecule has 4 heteroatoms. The Kier molecular flexibility index (Phi) is 3.29. The van der Waals surface area contributed by atoms with Crippen LogP contribution in [0, 0.1) is 0 Å². The maximum atomic E-state index is 5.35. The predicted molar refractivity (Wildman–Crippen MR) is 68.7 cm³/mol. The molecule has 0 amide bonds. The second kappa shape index (κ2) is 4.70. The first-order chi connectivity index (χ1) is 7.76. The number of methoxy groups -OCH3 is 2. The van der Waals surface area contributed by atoms with Gasteiger partial charge in [0, 0.05) is 12.6 Å². The van der Waals surface area contributed by atoms with E-state index in [1.54, 1.807) is 14.2 Å². The fraction of sp³-hybridized carbons (Fsp3) is 0.417. The fourth-order valence-electron chi connectivity index (χ4n) is 1.91. The number of rotatable bonds is 3. The lowest BCUT2D eigenvalue weighted by Gasteiger charge is -2.21. The minimum atomic E-state index is 0.825. The molecular weight excluding hydrogens is 222 g/mol. The maximum absolute atomic E-state index is 5.35. The third kappa shape index (κ3) is 1.97. The van der Waals surface area contributed by atoms with Crippen LogP contribution in [-0.4, -0.2) is 25.8 Å². The number of hydrogen-bond acceptors (Lipinski definition) is 3. The van der Waals surface area contributed by atoms with E-state index in [2.05, 4.69) is 4.90 Å². The van der Waals surface area contributed by atoms with Gasteiger partial charge in [0.2, 0.25) is 0 Å². The molecule has 3 nitrogen and oxygen atoms in total. The summed E-state index contributed by atoms with van der Waals surface area (Å²) in [4.78, 5) is 3.10. The van der Waals surface area contributed by atoms with E-state index in [1.807, 2.05) is 18.2 Å². The summed E-state index contributed by atoms with van der Waals surface area (Å²) in [5, 5.41) is 0. The second-order valence-electron chi connectivity index (χ2n) is 3.69. The molecule has 0 radical (unpaired) electrons. The lowest BCUT2D eigenvalue weighted by Crippen LogP contribution is -2.22. The van der Waals surface area contributed by atoms with E-state index in [0.29, 0.717) is 0 Å². The third-order valence-corrected chi connectivity index (χ3v) is 3.17. The number of thiocarbonyl (C=S) groups is 1. The van der Waals surface area contributed by atoms with Crippen molar-refractivity contribution in [3.05, 3.63) is 18.2 Å². The van der Waals surface area contributed by atoms with E-state index in [9.17, 15) is 0 Å². The number of anilines is 1. The average Bonchev–Trinajstić information content (AvgIpc) is 2.74. The zero-order valence-electron chi connectivity index (χ0n) is 9.53. The average molecular weight is 237 g/mol. The number of benzene rings is 1. The molecule has 0 saturated carbocycles. The molecule has 1 fully saturated rings. The molecule has 1 aliphatic heterocycles. The monoisotopic (exact) mass is 237 g/mol. The molecule has 0 spiro atoms. The van der Waals surface area contributed by atoms with E-state index in [0.717, 1.165) is 41.6 Å². The Morgan fingerprint density at radius 2 is 2.06 bits per heavy atom. The van der Waals surface area contributed by atoms with Crippen LogP contribution >= 0.6 is 12.2 Å². The van der Waals surface area contributed by atoms with Gasteiger partial charge in [-0.1, -0.05) is 12.2 Å². The van der Waals surface area contributed by atoms with Gasteiger partial charge in [0.25, 0.3) is 0 Å². The number of ether oxygens (including phenoxy) is 2. The SMILES string of the molecule is COc1ccc(OC)c(N2CCCC2=S)c1. The van der Waals surface area contributed by atoms with Gasteiger partial charge in [-0.3, -0.25) is 0 Å². The van der Waals surface area contributed by atoms with E-state index in [1.165, 1.54) is 0 Å². The summed E-state index contributed by atoms with van der Waals surface area (Å²) in [6, 6.07) is 5.77. The van der Waals surface area contributed by atoms with Crippen LogP contribution in [-0.2, 0) is 0 Å². The van der Waals surface area contributed by atoms with Crippen molar-refractivity contribution in [3.63, 3.8) is 0 Å². The van der Waals surface area contributed by atoms with E-state index < -0.39 is 0 Å². The standard InChI is InChI=1S/C12H15NO2S/c1-14-9-5-6-11(15-2)10(8-9)13-7-3-4-12(13)16/h5-6,8H,3-4,7H2,1-2H3. The molecule has 0 aliphatic carbocycles. The van der Waals surface area contributed by atoms with Crippen LogP contribution in [0.25, 0.3) is 0 Å². The second-order valence-corrected chi connectivity index (χ2v) is 4.16. The Balaban J connectivity index is 2.39. The highest BCUT2D eigenvalue weighted by molar-refractivity contribution is 7.80. The summed E-state index contributed by atoms with van der Waals surface area (Å²) < 4.78 is 10.6. The molecule has 1 saturated heterocycles. The van der Waals surface area contributed by atoms with Crippen molar-refractivity contribution >= 4 is 22.9 Å². The minimum Gasteiger partial charge on any atom is -0.497 e. The van der Waals surface area contributed by atoms with Gasteiger partial charge in [0.1, 0.15) is 11.5 Å². The minimum absolute atomic E-state index is 0.825. The fourth-order valence-corrected chi connectivity index (χ4v) is 2.24. The number of hydrogen-bond donors (Lipinski definition) is 0. The molecule has 1 aromatic carbocycles. The van der Waals surface area contributed by atoms with Gasteiger partial charge in [0.15, 0.2) is 0 Å².